The molecule has 6 nitrogen and oxygen atoms in total. The van der Waals surface area contributed by atoms with Gasteiger partial charge in [-0.05, 0) is 61.6 Å². The van der Waals surface area contributed by atoms with Gasteiger partial charge in [-0.3, -0.25) is 14.5 Å². The normalized spacial score (nSPS) is 18.7. The fourth-order valence-electron chi connectivity index (χ4n) is 4.33. The molecule has 2 N–H and O–H groups in total. The molecule has 0 saturated carbocycles. The van der Waals surface area contributed by atoms with E-state index in [2.05, 4.69) is 39.8 Å². The number of anilines is 1. The lowest BCUT2D eigenvalue weighted by Crippen LogP contribution is -2.47. The van der Waals surface area contributed by atoms with E-state index in [0.29, 0.717) is 25.9 Å². The number of rotatable bonds is 8. The molecule has 0 aliphatic carbocycles. The van der Waals surface area contributed by atoms with Gasteiger partial charge >= 0.3 is 0 Å². The minimum Gasteiger partial charge on any atom is -0.494 e. The second-order valence-electron chi connectivity index (χ2n) is 8.45. The molecule has 2 aliphatic heterocycles. The summed E-state index contributed by atoms with van der Waals surface area (Å²) < 4.78 is 5.82. The Balaban J connectivity index is 1.15. The molecule has 4 rings (SSSR count). The van der Waals surface area contributed by atoms with E-state index in [0.717, 1.165) is 55.9 Å². The third-order valence-corrected chi connectivity index (χ3v) is 5.91. The molecule has 6 heteroatoms. The highest BCUT2D eigenvalue weighted by atomic mass is 16.5. The topological polar surface area (TPSA) is 70.7 Å². The Labute approximate surface area is 184 Å². The molecule has 1 unspecified atom stereocenters. The zero-order valence-electron chi connectivity index (χ0n) is 17.9. The number of fused-ring (bicyclic) bond motifs is 1. The number of piperidine rings is 1. The highest BCUT2D eigenvalue weighted by Gasteiger charge is 2.21. The van der Waals surface area contributed by atoms with Crippen LogP contribution in [-0.2, 0) is 22.6 Å². The summed E-state index contributed by atoms with van der Waals surface area (Å²) >= 11 is 0. The van der Waals surface area contributed by atoms with E-state index in [-0.39, 0.29) is 17.9 Å². The van der Waals surface area contributed by atoms with Gasteiger partial charge in [-0.25, -0.2) is 0 Å². The number of hydrogen-bond donors (Lipinski definition) is 2. The van der Waals surface area contributed by atoms with Gasteiger partial charge in [-0.15, -0.1) is 0 Å². The monoisotopic (exact) mass is 421 g/mol. The fraction of sp³-hybridized carbons (Fsp3) is 0.440. The van der Waals surface area contributed by atoms with Crippen molar-refractivity contribution in [1.29, 1.82) is 0 Å². The van der Waals surface area contributed by atoms with Crippen molar-refractivity contribution in [2.75, 3.05) is 25.0 Å². The maximum Gasteiger partial charge on any atom is 0.224 e. The first-order chi connectivity index (χ1) is 15.2. The number of ether oxygens (including phenoxy) is 1. The fourth-order valence-corrected chi connectivity index (χ4v) is 4.33. The summed E-state index contributed by atoms with van der Waals surface area (Å²) in [6.45, 7) is 3.43. The van der Waals surface area contributed by atoms with E-state index in [1.54, 1.807) is 0 Å². The van der Waals surface area contributed by atoms with Crippen molar-refractivity contribution in [3.8, 4) is 5.75 Å². The van der Waals surface area contributed by atoms with Crippen molar-refractivity contribution in [1.82, 2.24) is 10.2 Å². The van der Waals surface area contributed by atoms with Crippen LogP contribution in [0.1, 0.15) is 43.2 Å². The van der Waals surface area contributed by atoms with Crippen LogP contribution in [0.25, 0.3) is 0 Å². The molecule has 2 aliphatic rings. The van der Waals surface area contributed by atoms with Crippen LogP contribution >= 0.6 is 0 Å². The van der Waals surface area contributed by atoms with Gasteiger partial charge in [0.25, 0.3) is 0 Å². The standard InChI is InChI=1S/C25H31N3O3/c29-24(26-21-8-4-14-28(18-21)17-19-6-2-1-3-7-19)9-5-15-31-22-11-12-23-20(16-22)10-13-25(30)27-23/h1-3,6-7,11-12,16,21H,4-5,8-10,13-15,17-18H2,(H,26,29)(H,27,30). The second-order valence-corrected chi connectivity index (χ2v) is 8.45. The van der Waals surface area contributed by atoms with Gasteiger partial charge in [0.2, 0.25) is 11.8 Å². The van der Waals surface area contributed by atoms with Crippen LogP contribution in [0.15, 0.2) is 48.5 Å². The first-order valence-electron chi connectivity index (χ1n) is 11.3. The highest BCUT2D eigenvalue weighted by Crippen LogP contribution is 2.26. The molecule has 0 aromatic heterocycles. The van der Waals surface area contributed by atoms with Gasteiger partial charge in [0, 0.05) is 37.7 Å². The number of likely N-dealkylation sites (tertiary alicyclic amines) is 1. The quantitative estimate of drug-likeness (QED) is 0.640. The minimum absolute atomic E-state index is 0.0633. The molecule has 0 bridgehead atoms. The number of carbonyl (C=O) groups is 2. The molecular weight excluding hydrogens is 390 g/mol. The Hall–Kier alpha value is -2.86. The summed E-state index contributed by atoms with van der Waals surface area (Å²) in [6, 6.07) is 16.5. The molecule has 2 amide bonds. The van der Waals surface area contributed by atoms with Crippen LogP contribution in [0.5, 0.6) is 5.75 Å². The molecular formula is C25H31N3O3. The van der Waals surface area contributed by atoms with E-state index in [9.17, 15) is 9.59 Å². The van der Waals surface area contributed by atoms with Gasteiger partial charge < -0.3 is 15.4 Å². The largest absolute Gasteiger partial charge is 0.494 e. The van der Waals surface area contributed by atoms with E-state index in [1.165, 1.54) is 5.56 Å². The predicted molar refractivity (Wildman–Crippen MR) is 121 cm³/mol. The first kappa shape index (κ1) is 21.4. The van der Waals surface area contributed by atoms with E-state index in [1.807, 2.05) is 24.3 Å². The molecule has 0 spiro atoms. The van der Waals surface area contributed by atoms with Crippen LogP contribution in [0.4, 0.5) is 5.69 Å². The summed E-state index contributed by atoms with van der Waals surface area (Å²) in [5, 5.41) is 6.08. The van der Waals surface area contributed by atoms with Crippen molar-refractivity contribution in [3.63, 3.8) is 0 Å². The van der Waals surface area contributed by atoms with E-state index < -0.39 is 0 Å². The van der Waals surface area contributed by atoms with Gasteiger partial charge in [0.15, 0.2) is 0 Å². The Morgan fingerprint density at radius 3 is 2.90 bits per heavy atom. The highest BCUT2D eigenvalue weighted by molar-refractivity contribution is 5.94. The van der Waals surface area contributed by atoms with Gasteiger partial charge in [-0.1, -0.05) is 30.3 Å². The second kappa shape index (κ2) is 10.4. The number of hydrogen-bond acceptors (Lipinski definition) is 4. The molecule has 31 heavy (non-hydrogen) atoms. The van der Waals surface area contributed by atoms with Crippen LogP contribution in [0.2, 0.25) is 0 Å². The zero-order chi connectivity index (χ0) is 21.5. The number of carbonyl (C=O) groups excluding carboxylic acids is 2. The lowest BCUT2D eigenvalue weighted by molar-refractivity contribution is -0.122. The maximum absolute atomic E-state index is 12.4. The molecule has 2 aromatic carbocycles. The van der Waals surface area contributed by atoms with Crippen molar-refractivity contribution >= 4 is 17.5 Å². The summed E-state index contributed by atoms with van der Waals surface area (Å²) in [4.78, 5) is 26.3. The van der Waals surface area contributed by atoms with Crippen LogP contribution < -0.4 is 15.4 Å². The van der Waals surface area contributed by atoms with Crippen LogP contribution in [0.3, 0.4) is 0 Å². The predicted octanol–water partition coefficient (Wildman–Crippen LogP) is 3.51. The Bertz CT molecular complexity index is 900. The number of nitrogens with one attached hydrogen (secondary N) is 2. The number of aryl methyl sites for hydroxylation is 1. The molecule has 2 aromatic rings. The Morgan fingerprint density at radius 1 is 1.16 bits per heavy atom. The summed E-state index contributed by atoms with van der Waals surface area (Å²) in [5.41, 5.74) is 3.29. The Kier molecular flexibility index (Phi) is 7.20. The summed E-state index contributed by atoms with van der Waals surface area (Å²) in [6.07, 6.45) is 4.55. The molecule has 1 fully saturated rings. The van der Waals surface area contributed by atoms with Gasteiger partial charge in [-0.2, -0.15) is 0 Å². The molecule has 0 radical (unpaired) electrons. The third kappa shape index (κ3) is 6.31. The average Bonchev–Trinajstić information content (AvgIpc) is 2.78. The lowest BCUT2D eigenvalue weighted by atomic mass is 10.0. The maximum atomic E-state index is 12.4. The first-order valence-corrected chi connectivity index (χ1v) is 11.3. The van der Waals surface area contributed by atoms with Crippen LogP contribution in [-0.4, -0.2) is 42.5 Å². The smallest absolute Gasteiger partial charge is 0.224 e. The van der Waals surface area contributed by atoms with E-state index >= 15 is 0 Å². The zero-order valence-corrected chi connectivity index (χ0v) is 17.9. The minimum atomic E-state index is 0.0633. The van der Waals surface area contributed by atoms with Crippen molar-refractivity contribution < 1.29 is 14.3 Å². The van der Waals surface area contributed by atoms with Gasteiger partial charge in [0.1, 0.15) is 5.75 Å². The molecule has 164 valence electrons. The van der Waals surface area contributed by atoms with Crippen molar-refractivity contribution in [2.45, 2.75) is 51.1 Å². The SMILES string of the molecule is O=C1CCc2cc(OCCCC(=O)NC3CCCN(Cc4ccccc4)C3)ccc2N1. The summed E-state index contributed by atoms with van der Waals surface area (Å²) in [7, 11) is 0. The van der Waals surface area contributed by atoms with Gasteiger partial charge in [0.05, 0.1) is 6.61 Å². The number of amides is 2. The number of benzene rings is 2. The molecule has 1 atom stereocenters. The lowest BCUT2D eigenvalue weighted by Gasteiger charge is -2.33. The third-order valence-electron chi connectivity index (χ3n) is 5.91. The Morgan fingerprint density at radius 2 is 2.03 bits per heavy atom. The number of nitrogens with zero attached hydrogens (tertiary/aromatic N) is 1. The van der Waals surface area contributed by atoms with Crippen molar-refractivity contribution in [3.05, 3.63) is 59.7 Å². The van der Waals surface area contributed by atoms with Crippen LogP contribution in [0, 0.1) is 0 Å². The average molecular weight is 422 g/mol. The van der Waals surface area contributed by atoms with E-state index in [4.69, 9.17) is 4.74 Å². The molecule has 1 saturated heterocycles. The molecule has 2 heterocycles. The van der Waals surface area contributed by atoms with Crippen molar-refractivity contribution in [2.24, 2.45) is 0 Å². The summed E-state index contributed by atoms with van der Waals surface area (Å²) in [5.74, 6) is 0.954.